The van der Waals surface area contributed by atoms with Crippen molar-refractivity contribution in [3.63, 3.8) is 0 Å². The Hall–Kier alpha value is -1.50. The van der Waals surface area contributed by atoms with Crippen molar-refractivity contribution in [2.45, 2.75) is 102 Å². The van der Waals surface area contributed by atoms with Crippen molar-refractivity contribution in [2.75, 3.05) is 6.54 Å². The van der Waals surface area contributed by atoms with Crippen LogP contribution in [0.4, 0.5) is 0 Å². The van der Waals surface area contributed by atoms with Crippen molar-refractivity contribution < 1.29 is 9.84 Å². The molecule has 2 saturated heterocycles. The molecular weight excluding hydrogens is 436 g/mol. The number of aromatic amines is 1. The van der Waals surface area contributed by atoms with Gasteiger partial charge < -0.3 is 9.84 Å². The molecule has 1 aromatic heterocycles. The van der Waals surface area contributed by atoms with Gasteiger partial charge in [0.25, 0.3) is 0 Å². The zero-order valence-electron chi connectivity index (χ0n) is 21.2. The first-order valence-electron chi connectivity index (χ1n) is 14.3. The minimum atomic E-state index is -0.120. The maximum Gasteiger partial charge on any atom is 0.0964 e. The van der Waals surface area contributed by atoms with Crippen molar-refractivity contribution >= 4 is 0 Å². The van der Waals surface area contributed by atoms with Gasteiger partial charge in [-0.05, 0) is 92.4 Å². The van der Waals surface area contributed by atoms with Crippen molar-refractivity contribution in [3.05, 3.63) is 34.7 Å². The van der Waals surface area contributed by atoms with Crippen molar-refractivity contribution in [1.82, 2.24) is 20.3 Å². The lowest BCUT2D eigenvalue weighted by Crippen LogP contribution is -2.57. The Kier molecular flexibility index (Phi) is 4.49. The van der Waals surface area contributed by atoms with Crippen LogP contribution in [0, 0.1) is 35.0 Å². The minimum absolute atomic E-state index is 0.0285. The molecule has 10 atom stereocenters. The maximum absolute atomic E-state index is 10.3. The number of likely N-dealkylation sites (tertiary alicyclic amines) is 1. The number of aromatic nitrogens is 3. The number of hydrogen-bond donors (Lipinski definition) is 2. The highest BCUT2D eigenvalue weighted by Crippen LogP contribution is 2.69. The summed E-state index contributed by atoms with van der Waals surface area (Å²) >= 11 is 0. The van der Waals surface area contributed by atoms with Gasteiger partial charge in [-0.3, -0.25) is 10.00 Å². The average molecular weight is 477 g/mol. The van der Waals surface area contributed by atoms with Gasteiger partial charge in [0.2, 0.25) is 0 Å². The second-order valence-corrected chi connectivity index (χ2v) is 13.5. The molecule has 3 heterocycles. The van der Waals surface area contributed by atoms with Gasteiger partial charge in [0.05, 0.1) is 23.5 Å². The lowest BCUT2D eigenvalue weighted by Gasteiger charge is -2.54. The molecule has 5 aliphatic carbocycles. The summed E-state index contributed by atoms with van der Waals surface area (Å²) in [6, 6.07) is 0.526. The molecule has 0 radical (unpaired) electrons. The van der Waals surface area contributed by atoms with E-state index in [2.05, 4.69) is 40.2 Å². The van der Waals surface area contributed by atoms with E-state index in [1.54, 1.807) is 11.1 Å². The predicted octanol–water partition coefficient (Wildman–Crippen LogP) is 4.40. The van der Waals surface area contributed by atoms with Gasteiger partial charge in [0.15, 0.2) is 0 Å². The SMILES string of the molecule is C[C@H]1C[C@H]2O[C@@]34CC[C@@H]5C(=C3C[C@@H]4[C@@H]2N(Cc2c[nH]nn2)C1)C[C@H]1[C@H]5CC=C2C[C@@H](O)CC[C@@]21C. The van der Waals surface area contributed by atoms with Gasteiger partial charge in [-0.25, -0.2) is 0 Å². The van der Waals surface area contributed by atoms with Gasteiger partial charge in [-0.1, -0.05) is 36.3 Å². The van der Waals surface area contributed by atoms with Crippen LogP contribution < -0.4 is 0 Å². The summed E-state index contributed by atoms with van der Waals surface area (Å²) in [5, 5.41) is 21.5. The standard InChI is InChI=1S/C29H40N4O2/c1-16-9-26-27(33(14-16)15-18-13-30-32-31-18)25-12-24-22-11-23-21(20(22)6-8-29(24,25)35-26)4-3-17-10-19(34)5-7-28(17,23)2/h3,13,16,19-21,23,25-27,34H,4-12,14-15H2,1-2H3,(H,30,31,32)/t16-,19-,20-,21-,23-,25+,26+,27-,28-,29-/m0/s1. The lowest BCUT2D eigenvalue weighted by molar-refractivity contribution is -0.0848. The summed E-state index contributed by atoms with van der Waals surface area (Å²) in [5.74, 6) is 3.66. The Balaban J connectivity index is 1.11. The first kappa shape index (κ1) is 21.6. The number of hydrogen-bond acceptors (Lipinski definition) is 5. The number of fused-ring (bicyclic) bond motifs is 7. The van der Waals surface area contributed by atoms with Crippen molar-refractivity contribution in [2.24, 2.45) is 35.0 Å². The molecule has 0 bridgehead atoms. The molecule has 35 heavy (non-hydrogen) atoms. The number of allylic oxidation sites excluding steroid dienone is 2. The molecule has 8 rings (SSSR count). The Morgan fingerprint density at radius 2 is 2.11 bits per heavy atom. The fraction of sp³-hybridized carbons (Fsp3) is 0.793. The summed E-state index contributed by atoms with van der Waals surface area (Å²) in [6.45, 7) is 6.95. The molecule has 2 N–H and O–H groups in total. The van der Waals surface area contributed by atoms with Gasteiger partial charge in [0.1, 0.15) is 0 Å². The van der Waals surface area contributed by atoms with Gasteiger partial charge in [-0.2, -0.15) is 0 Å². The van der Waals surface area contributed by atoms with E-state index in [1.807, 2.05) is 11.8 Å². The molecular formula is C29H40N4O2. The molecule has 6 nitrogen and oxygen atoms in total. The van der Waals surface area contributed by atoms with Gasteiger partial charge in [0, 0.05) is 31.2 Å². The largest absolute Gasteiger partial charge is 0.393 e. The molecule has 5 fully saturated rings. The second-order valence-electron chi connectivity index (χ2n) is 13.5. The zero-order valence-corrected chi connectivity index (χ0v) is 21.2. The number of ether oxygens (including phenoxy) is 1. The number of aliphatic hydroxyl groups is 1. The summed E-state index contributed by atoms with van der Waals surface area (Å²) in [7, 11) is 0. The highest BCUT2D eigenvalue weighted by atomic mass is 16.5. The van der Waals surface area contributed by atoms with Gasteiger partial charge in [-0.15, -0.1) is 5.10 Å². The van der Waals surface area contributed by atoms with Crippen LogP contribution in [0.2, 0.25) is 0 Å². The van der Waals surface area contributed by atoms with Crippen LogP contribution in [0.25, 0.3) is 0 Å². The number of aliphatic hydroxyl groups excluding tert-OH is 1. The third-order valence-electron chi connectivity index (χ3n) is 11.9. The predicted molar refractivity (Wildman–Crippen MR) is 132 cm³/mol. The van der Waals surface area contributed by atoms with E-state index in [-0.39, 0.29) is 11.7 Å². The summed E-state index contributed by atoms with van der Waals surface area (Å²) in [5.41, 5.74) is 6.51. The van der Waals surface area contributed by atoms with Crippen LogP contribution in [-0.2, 0) is 11.3 Å². The Morgan fingerprint density at radius 3 is 2.97 bits per heavy atom. The third-order valence-corrected chi connectivity index (χ3v) is 11.9. The van der Waals surface area contributed by atoms with E-state index >= 15 is 0 Å². The Labute approximate surface area is 208 Å². The van der Waals surface area contributed by atoms with E-state index < -0.39 is 0 Å². The number of H-pyrrole nitrogens is 1. The Bertz CT molecular complexity index is 1100. The van der Waals surface area contributed by atoms with Crippen LogP contribution in [0.1, 0.15) is 77.3 Å². The smallest absolute Gasteiger partial charge is 0.0964 e. The average Bonchev–Trinajstić information content (AvgIpc) is 3.50. The third kappa shape index (κ3) is 2.82. The normalized spacial score (nSPS) is 50.3. The summed E-state index contributed by atoms with van der Waals surface area (Å²) < 4.78 is 7.19. The molecule has 188 valence electrons. The number of nitrogens with zero attached hydrogens (tertiary/aromatic N) is 3. The minimum Gasteiger partial charge on any atom is -0.393 e. The molecule has 1 spiro atoms. The number of nitrogens with one attached hydrogen (secondary N) is 1. The van der Waals surface area contributed by atoms with E-state index in [9.17, 15) is 5.11 Å². The molecule has 0 unspecified atom stereocenters. The number of rotatable bonds is 2. The molecule has 0 aromatic carbocycles. The molecule has 7 aliphatic rings. The molecule has 1 aromatic rings. The highest BCUT2D eigenvalue weighted by molar-refractivity contribution is 5.45. The lowest BCUT2D eigenvalue weighted by atomic mass is 9.54. The van der Waals surface area contributed by atoms with E-state index in [1.165, 1.54) is 44.9 Å². The molecule has 0 amide bonds. The van der Waals surface area contributed by atoms with Gasteiger partial charge >= 0.3 is 0 Å². The highest BCUT2D eigenvalue weighted by Gasteiger charge is 2.68. The first-order valence-corrected chi connectivity index (χ1v) is 14.3. The zero-order chi connectivity index (χ0) is 23.5. The number of piperidine rings is 1. The fourth-order valence-electron chi connectivity index (χ4n) is 10.4. The Morgan fingerprint density at radius 1 is 1.20 bits per heavy atom. The summed E-state index contributed by atoms with van der Waals surface area (Å²) in [4.78, 5) is 2.68. The van der Waals surface area contributed by atoms with Crippen molar-refractivity contribution in [3.8, 4) is 0 Å². The van der Waals surface area contributed by atoms with E-state index in [4.69, 9.17) is 4.74 Å². The fourth-order valence-corrected chi connectivity index (χ4v) is 10.4. The summed E-state index contributed by atoms with van der Waals surface area (Å²) in [6.07, 6.45) is 15.3. The quantitative estimate of drug-likeness (QED) is 0.619. The maximum atomic E-state index is 10.3. The molecule has 2 aliphatic heterocycles. The van der Waals surface area contributed by atoms with Crippen LogP contribution in [-0.4, -0.2) is 55.8 Å². The van der Waals surface area contributed by atoms with E-state index in [0.717, 1.165) is 49.4 Å². The molecule has 3 saturated carbocycles. The monoisotopic (exact) mass is 476 g/mol. The van der Waals surface area contributed by atoms with Crippen LogP contribution >= 0.6 is 0 Å². The second kappa shape index (κ2) is 7.29. The first-order chi connectivity index (χ1) is 17.0. The topological polar surface area (TPSA) is 74.3 Å². The van der Waals surface area contributed by atoms with Crippen LogP contribution in [0.5, 0.6) is 0 Å². The van der Waals surface area contributed by atoms with E-state index in [0.29, 0.717) is 29.4 Å². The molecule has 6 heteroatoms. The van der Waals surface area contributed by atoms with Crippen LogP contribution in [0.3, 0.4) is 0 Å². The van der Waals surface area contributed by atoms with Crippen molar-refractivity contribution in [1.29, 1.82) is 0 Å². The van der Waals surface area contributed by atoms with Crippen LogP contribution in [0.15, 0.2) is 29.0 Å².